The topological polar surface area (TPSA) is 102 Å². The van der Waals surface area contributed by atoms with Crippen LogP contribution in [0.4, 0.5) is 28.7 Å². The summed E-state index contributed by atoms with van der Waals surface area (Å²) < 4.78 is 0. The number of para-hydroxylation sites is 1. The maximum Gasteiger partial charge on any atom is 0.159 e. The van der Waals surface area contributed by atoms with E-state index in [9.17, 15) is 0 Å². The molecule has 26 heavy (non-hydrogen) atoms. The van der Waals surface area contributed by atoms with Crippen LogP contribution in [0, 0.1) is 6.92 Å². The van der Waals surface area contributed by atoms with E-state index < -0.39 is 0 Å². The van der Waals surface area contributed by atoms with Gasteiger partial charge in [-0.05, 0) is 31.2 Å². The highest BCUT2D eigenvalue weighted by Gasteiger charge is 2.11. The molecule has 0 radical (unpaired) electrons. The average molecular weight is 343 g/mol. The third kappa shape index (κ3) is 3.10. The van der Waals surface area contributed by atoms with Crippen LogP contribution in [0.15, 0.2) is 61.2 Å². The molecule has 3 heterocycles. The molecule has 0 bridgehead atoms. The van der Waals surface area contributed by atoms with Crippen molar-refractivity contribution in [3.05, 3.63) is 66.9 Å². The summed E-state index contributed by atoms with van der Waals surface area (Å²) in [6, 6.07) is 13.6. The lowest BCUT2D eigenvalue weighted by atomic mass is 10.1. The molecule has 4 aromatic rings. The van der Waals surface area contributed by atoms with Crippen molar-refractivity contribution in [3.63, 3.8) is 0 Å². The van der Waals surface area contributed by atoms with Crippen molar-refractivity contribution in [2.24, 2.45) is 0 Å². The molecule has 4 rings (SSSR count). The zero-order valence-corrected chi connectivity index (χ0v) is 14.1. The fourth-order valence-corrected chi connectivity index (χ4v) is 2.64. The molecule has 0 amide bonds. The third-order valence-electron chi connectivity index (χ3n) is 3.94. The molecule has 0 saturated carbocycles. The van der Waals surface area contributed by atoms with E-state index in [1.54, 1.807) is 12.4 Å². The number of rotatable bonds is 4. The van der Waals surface area contributed by atoms with Crippen molar-refractivity contribution in [1.82, 2.24) is 19.9 Å². The maximum absolute atomic E-state index is 6.27. The van der Waals surface area contributed by atoms with Gasteiger partial charge >= 0.3 is 0 Å². The second-order valence-corrected chi connectivity index (χ2v) is 5.80. The van der Waals surface area contributed by atoms with E-state index in [4.69, 9.17) is 5.73 Å². The standard InChI is InChI=1S/C19H17N7/c1-12-5-6-13-3-2-4-15(17(13)24-12)26-19-16(20)18(22-11-23-19)25-14-7-9-21-10-8-14/h2-11H,20H2,1H3,(H2,21,22,23,25,26). The van der Waals surface area contributed by atoms with E-state index in [0.717, 1.165) is 28.0 Å². The molecule has 4 N–H and O–H groups in total. The molecule has 0 aliphatic heterocycles. The number of nitrogens with one attached hydrogen (secondary N) is 2. The monoisotopic (exact) mass is 343 g/mol. The summed E-state index contributed by atoms with van der Waals surface area (Å²) in [5.74, 6) is 1.05. The Labute approximate surface area is 150 Å². The minimum atomic E-state index is 0.425. The number of nitrogen functional groups attached to an aromatic ring is 1. The summed E-state index contributed by atoms with van der Waals surface area (Å²) in [4.78, 5) is 17.1. The summed E-state index contributed by atoms with van der Waals surface area (Å²) in [5, 5.41) is 7.50. The van der Waals surface area contributed by atoms with Crippen molar-refractivity contribution in [2.45, 2.75) is 6.92 Å². The summed E-state index contributed by atoms with van der Waals surface area (Å²) >= 11 is 0. The zero-order chi connectivity index (χ0) is 17.9. The quantitative estimate of drug-likeness (QED) is 0.518. The van der Waals surface area contributed by atoms with E-state index in [1.807, 2.05) is 49.4 Å². The molecule has 0 saturated heterocycles. The van der Waals surface area contributed by atoms with E-state index in [2.05, 4.69) is 30.6 Å². The summed E-state index contributed by atoms with van der Waals surface area (Å²) in [5.41, 5.74) is 10.2. The van der Waals surface area contributed by atoms with Gasteiger partial charge in [0.25, 0.3) is 0 Å². The smallest absolute Gasteiger partial charge is 0.159 e. The van der Waals surface area contributed by atoms with Gasteiger partial charge < -0.3 is 16.4 Å². The predicted molar refractivity (Wildman–Crippen MR) is 104 cm³/mol. The Morgan fingerprint density at radius 1 is 0.885 bits per heavy atom. The van der Waals surface area contributed by atoms with Crippen LogP contribution in [0.5, 0.6) is 0 Å². The van der Waals surface area contributed by atoms with Gasteiger partial charge in [0.1, 0.15) is 12.0 Å². The number of hydrogen-bond donors (Lipinski definition) is 3. The number of aromatic nitrogens is 4. The van der Waals surface area contributed by atoms with Crippen molar-refractivity contribution in [3.8, 4) is 0 Å². The highest BCUT2D eigenvalue weighted by molar-refractivity contribution is 5.93. The molecule has 0 unspecified atom stereocenters. The van der Waals surface area contributed by atoms with Gasteiger partial charge in [0.15, 0.2) is 11.6 Å². The maximum atomic E-state index is 6.27. The minimum Gasteiger partial charge on any atom is -0.393 e. The third-order valence-corrected chi connectivity index (χ3v) is 3.94. The van der Waals surface area contributed by atoms with Gasteiger partial charge in [-0.25, -0.2) is 9.97 Å². The molecular weight excluding hydrogens is 326 g/mol. The number of anilines is 5. The highest BCUT2D eigenvalue weighted by atomic mass is 15.1. The number of pyridine rings is 2. The number of nitrogens with zero attached hydrogens (tertiary/aromatic N) is 4. The van der Waals surface area contributed by atoms with Gasteiger partial charge in [-0.1, -0.05) is 18.2 Å². The molecule has 3 aromatic heterocycles. The van der Waals surface area contributed by atoms with Crippen molar-refractivity contribution in [1.29, 1.82) is 0 Å². The first kappa shape index (κ1) is 15.8. The molecule has 0 fully saturated rings. The average Bonchev–Trinajstić information content (AvgIpc) is 2.66. The first-order chi connectivity index (χ1) is 12.7. The number of hydrogen-bond acceptors (Lipinski definition) is 7. The van der Waals surface area contributed by atoms with Crippen LogP contribution in [-0.2, 0) is 0 Å². The van der Waals surface area contributed by atoms with Crippen molar-refractivity contribution >= 4 is 39.6 Å². The van der Waals surface area contributed by atoms with E-state index in [-0.39, 0.29) is 0 Å². The predicted octanol–water partition coefficient (Wildman–Crippen LogP) is 3.80. The minimum absolute atomic E-state index is 0.425. The summed E-state index contributed by atoms with van der Waals surface area (Å²) in [6.07, 6.45) is 4.86. The van der Waals surface area contributed by atoms with Gasteiger partial charge in [-0.2, -0.15) is 0 Å². The number of fused-ring (bicyclic) bond motifs is 1. The lowest BCUT2D eigenvalue weighted by Gasteiger charge is -2.13. The molecule has 0 aliphatic rings. The first-order valence-corrected chi connectivity index (χ1v) is 8.11. The zero-order valence-electron chi connectivity index (χ0n) is 14.1. The number of benzene rings is 1. The Hall–Kier alpha value is -3.74. The van der Waals surface area contributed by atoms with Gasteiger partial charge in [0.2, 0.25) is 0 Å². The van der Waals surface area contributed by atoms with Crippen LogP contribution in [0.1, 0.15) is 5.69 Å². The Bertz CT molecular complexity index is 1060. The molecule has 7 nitrogen and oxygen atoms in total. The first-order valence-electron chi connectivity index (χ1n) is 8.11. The van der Waals surface area contributed by atoms with Gasteiger partial charge in [0.05, 0.1) is 11.2 Å². The van der Waals surface area contributed by atoms with Crippen LogP contribution in [0.2, 0.25) is 0 Å². The Morgan fingerprint density at radius 3 is 2.46 bits per heavy atom. The van der Waals surface area contributed by atoms with E-state index in [0.29, 0.717) is 17.3 Å². The largest absolute Gasteiger partial charge is 0.393 e. The molecule has 0 atom stereocenters. The van der Waals surface area contributed by atoms with Crippen LogP contribution in [-0.4, -0.2) is 19.9 Å². The lowest BCUT2D eigenvalue weighted by molar-refractivity contribution is 1.17. The van der Waals surface area contributed by atoms with Crippen LogP contribution < -0.4 is 16.4 Å². The van der Waals surface area contributed by atoms with Crippen LogP contribution in [0.25, 0.3) is 10.9 Å². The molecule has 1 aromatic carbocycles. The van der Waals surface area contributed by atoms with Crippen LogP contribution in [0.3, 0.4) is 0 Å². The Kier molecular flexibility index (Phi) is 4.03. The number of nitrogens with two attached hydrogens (primary N) is 1. The molecule has 7 heteroatoms. The van der Waals surface area contributed by atoms with Crippen molar-refractivity contribution < 1.29 is 0 Å². The van der Waals surface area contributed by atoms with E-state index in [1.165, 1.54) is 6.33 Å². The lowest BCUT2D eigenvalue weighted by Crippen LogP contribution is -2.05. The number of aryl methyl sites for hydroxylation is 1. The summed E-state index contributed by atoms with van der Waals surface area (Å²) in [7, 11) is 0. The Morgan fingerprint density at radius 2 is 1.65 bits per heavy atom. The molecule has 0 spiro atoms. The normalized spacial score (nSPS) is 10.7. The van der Waals surface area contributed by atoms with Crippen molar-refractivity contribution in [2.75, 3.05) is 16.4 Å². The fourth-order valence-electron chi connectivity index (χ4n) is 2.64. The Balaban J connectivity index is 1.69. The van der Waals surface area contributed by atoms with Gasteiger partial charge in [0, 0.05) is 29.2 Å². The summed E-state index contributed by atoms with van der Waals surface area (Å²) in [6.45, 7) is 1.96. The SMILES string of the molecule is Cc1ccc2cccc(Nc3ncnc(Nc4ccncc4)c3N)c2n1. The van der Waals surface area contributed by atoms with E-state index >= 15 is 0 Å². The highest BCUT2D eigenvalue weighted by Crippen LogP contribution is 2.30. The van der Waals surface area contributed by atoms with Gasteiger partial charge in [-0.3, -0.25) is 9.97 Å². The van der Waals surface area contributed by atoms with Crippen LogP contribution >= 0.6 is 0 Å². The molecule has 128 valence electrons. The molecule has 0 aliphatic carbocycles. The molecular formula is C19H17N7. The van der Waals surface area contributed by atoms with Gasteiger partial charge in [-0.15, -0.1) is 0 Å². The second kappa shape index (κ2) is 6.64. The second-order valence-electron chi connectivity index (χ2n) is 5.80. The fraction of sp³-hybridized carbons (Fsp3) is 0.0526.